The monoisotopic (exact) mass is 259 g/mol. The van der Waals surface area contributed by atoms with Crippen LogP contribution in [-0.2, 0) is 8.53 Å². The quantitative estimate of drug-likeness (QED) is 0.479. The summed E-state index contributed by atoms with van der Waals surface area (Å²) in [6, 6.07) is 3.95. The Bertz CT molecular complexity index is 391. The summed E-state index contributed by atoms with van der Waals surface area (Å²) in [4.78, 5) is 10.7. The number of hydrogen-bond donors (Lipinski definition) is 3. The molecule has 0 fully saturated rings. The van der Waals surface area contributed by atoms with Crippen LogP contribution in [0.3, 0.4) is 0 Å². The van der Waals surface area contributed by atoms with Gasteiger partial charge < -0.3 is 0 Å². The molecule has 1 atom stereocenters. The van der Waals surface area contributed by atoms with Crippen LogP contribution in [0.25, 0.3) is 0 Å². The predicted molar refractivity (Wildman–Crippen MR) is 52.1 cm³/mol. The van der Waals surface area contributed by atoms with Gasteiger partial charge in [-0.05, 0) is 0 Å². The van der Waals surface area contributed by atoms with E-state index >= 15 is 0 Å². The molecule has 0 aliphatic rings. The summed E-state index contributed by atoms with van der Waals surface area (Å²) in [5.41, 5.74) is 0.157. The molecule has 0 saturated carbocycles. The first-order valence-corrected chi connectivity index (χ1v) is 6.69. The Morgan fingerprint density at radius 2 is 2.14 bits per heavy atom. The van der Waals surface area contributed by atoms with Crippen LogP contribution in [0.15, 0.2) is 18.2 Å². The van der Waals surface area contributed by atoms with E-state index < -0.39 is 14.9 Å². The Morgan fingerprint density at radius 1 is 1.50 bits per heavy atom. The molecule has 0 aliphatic carbocycles. The molecule has 1 amide bonds. The fraction of sp³-hybridized carbons (Fsp3) is 0.125. The van der Waals surface area contributed by atoms with Crippen LogP contribution < -0.4 is 9.67 Å². The van der Waals surface area contributed by atoms with E-state index in [4.69, 9.17) is 4.10 Å². The molecule has 1 aromatic rings. The zero-order valence-corrected chi connectivity index (χ0v) is 9.54. The zero-order valence-electron chi connectivity index (χ0n) is 7.44. The molecule has 1 rings (SSSR count). The number of rotatable bonds is 2. The minimum atomic E-state index is -3.39. The molecule has 0 heterocycles. The van der Waals surface area contributed by atoms with Gasteiger partial charge in [-0.3, -0.25) is 0 Å². The number of anilines is 1. The van der Waals surface area contributed by atoms with Crippen molar-refractivity contribution < 1.29 is 17.7 Å². The van der Waals surface area contributed by atoms with E-state index in [2.05, 4.69) is 5.32 Å². The summed E-state index contributed by atoms with van der Waals surface area (Å²) in [6.07, 6.45) is 0. The molecule has 14 heavy (non-hydrogen) atoms. The number of nitrogens with one attached hydrogen (secondary N) is 1. The average Bonchev–Trinajstić information content (AvgIpc) is 2.07. The molecule has 1 aromatic carbocycles. The van der Waals surface area contributed by atoms with Gasteiger partial charge in [0.2, 0.25) is 0 Å². The summed E-state index contributed by atoms with van der Waals surface area (Å²) in [7, 11) is 0. The molecule has 0 spiro atoms. The Balaban J connectivity index is 3.08. The normalized spacial score (nSPS) is 12.1. The number of amides is 1. The molecule has 0 bridgehead atoms. The molecule has 0 radical (unpaired) electrons. The number of aromatic hydroxyl groups is 1. The van der Waals surface area contributed by atoms with E-state index in [0.29, 0.717) is 0 Å². The Labute approximate surface area is 85.2 Å². The predicted octanol–water partition coefficient (Wildman–Crippen LogP) is -0.799. The summed E-state index contributed by atoms with van der Waals surface area (Å²) in [5, 5.41) is 11.6. The van der Waals surface area contributed by atoms with E-state index in [9.17, 15) is 13.6 Å². The number of carbonyl (C=O) groups excluding carboxylic acids is 1. The van der Waals surface area contributed by atoms with Crippen molar-refractivity contribution in [2.45, 2.75) is 6.92 Å². The first-order valence-electron chi connectivity index (χ1n) is 3.84. The van der Waals surface area contributed by atoms with Crippen molar-refractivity contribution in [2.24, 2.45) is 0 Å². The standard InChI is InChI=1S/C8H10AsNO4/c1-5(11)10-7-4-6(9(13)14)2-3-8(7)12/h2-4,9,12H,1H3,(H,10,11)(H,13,14). The second kappa shape index (κ2) is 4.35. The summed E-state index contributed by atoms with van der Waals surface area (Å²) >= 11 is -3.39. The number of carbonyl (C=O) groups is 1. The molecule has 6 heteroatoms. The molecule has 3 N–H and O–H groups in total. The van der Waals surface area contributed by atoms with E-state index in [1.54, 1.807) is 0 Å². The van der Waals surface area contributed by atoms with E-state index in [1.165, 1.54) is 25.1 Å². The van der Waals surface area contributed by atoms with Gasteiger partial charge in [0.25, 0.3) is 0 Å². The molecule has 5 nitrogen and oxygen atoms in total. The third-order valence-electron chi connectivity index (χ3n) is 1.55. The van der Waals surface area contributed by atoms with E-state index in [0.717, 1.165) is 0 Å². The van der Waals surface area contributed by atoms with E-state index in [-0.39, 0.29) is 21.7 Å². The van der Waals surface area contributed by atoms with Crippen LogP contribution in [0.2, 0.25) is 0 Å². The summed E-state index contributed by atoms with van der Waals surface area (Å²) < 4.78 is 20.0. The summed E-state index contributed by atoms with van der Waals surface area (Å²) in [6.45, 7) is 1.29. The van der Waals surface area contributed by atoms with Crippen molar-refractivity contribution >= 4 is 30.9 Å². The molecular formula is C8H10AsNO4. The van der Waals surface area contributed by atoms with Gasteiger partial charge in [-0.15, -0.1) is 0 Å². The molecule has 0 saturated heterocycles. The maximum absolute atomic E-state index is 10.8. The van der Waals surface area contributed by atoms with Crippen molar-refractivity contribution in [3.05, 3.63) is 18.2 Å². The number of phenols is 1. The van der Waals surface area contributed by atoms with Crippen LogP contribution in [0, 0.1) is 0 Å². The van der Waals surface area contributed by atoms with Gasteiger partial charge in [-0.2, -0.15) is 0 Å². The van der Waals surface area contributed by atoms with Crippen LogP contribution in [-0.4, -0.2) is 30.0 Å². The molecular weight excluding hydrogens is 249 g/mol. The number of hydrogen-bond acceptors (Lipinski definition) is 3. The summed E-state index contributed by atoms with van der Waals surface area (Å²) in [5.74, 6) is -0.466. The van der Waals surface area contributed by atoms with Crippen molar-refractivity contribution in [1.82, 2.24) is 0 Å². The number of phenolic OH excluding ortho intramolecular Hbond substituents is 1. The molecule has 0 aliphatic heterocycles. The zero-order chi connectivity index (χ0) is 10.7. The first kappa shape index (κ1) is 10.9. The first-order chi connectivity index (χ1) is 6.50. The maximum atomic E-state index is 10.8. The Morgan fingerprint density at radius 3 is 2.64 bits per heavy atom. The van der Waals surface area contributed by atoms with Gasteiger partial charge in [0.1, 0.15) is 0 Å². The Hall–Kier alpha value is -1.19. The van der Waals surface area contributed by atoms with Crippen molar-refractivity contribution in [3.8, 4) is 5.75 Å². The molecule has 76 valence electrons. The van der Waals surface area contributed by atoms with Crippen LogP contribution in [0.1, 0.15) is 6.92 Å². The third-order valence-corrected chi connectivity index (χ3v) is 3.24. The SMILES string of the molecule is CC(=O)Nc1cc([AsH](=O)O)ccc1O. The van der Waals surface area contributed by atoms with Gasteiger partial charge in [-0.25, -0.2) is 0 Å². The molecule has 0 aromatic heterocycles. The van der Waals surface area contributed by atoms with Crippen molar-refractivity contribution in [3.63, 3.8) is 0 Å². The fourth-order valence-electron chi connectivity index (χ4n) is 0.959. The topological polar surface area (TPSA) is 86.6 Å². The van der Waals surface area contributed by atoms with Crippen LogP contribution >= 0.6 is 0 Å². The Kier molecular flexibility index (Phi) is 3.38. The van der Waals surface area contributed by atoms with Gasteiger partial charge in [0, 0.05) is 0 Å². The van der Waals surface area contributed by atoms with Gasteiger partial charge in [0.15, 0.2) is 0 Å². The van der Waals surface area contributed by atoms with Gasteiger partial charge in [-0.1, -0.05) is 0 Å². The van der Waals surface area contributed by atoms with E-state index in [1.807, 2.05) is 0 Å². The second-order valence-corrected chi connectivity index (χ2v) is 5.21. The van der Waals surface area contributed by atoms with Crippen molar-refractivity contribution in [1.29, 1.82) is 0 Å². The third kappa shape index (κ3) is 2.65. The van der Waals surface area contributed by atoms with Crippen molar-refractivity contribution in [2.75, 3.05) is 5.32 Å². The van der Waals surface area contributed by atoms with Crippen LogP contribution in [0.5, 0.6) is 5.75 Å². The minimum absolute atomic E-state index is 0.122. The number of benzene rings is 1. The fourth-order valence-corrected chi connectivity index (χ4v) is 1.99. The van der Waals surface area contributed by atoms with Crippen LogP contribution in [0.4, 0.5) is 5.69 Å². The average molecular weight is 259 g/mol. The van der Waals surface area contributed by atoms with Gasteiger partial charge in [0.05, 0.1) is 0 Å². The second-order valence-electron chi connectivity index (χ2n) is 2.72. The van der Waals surface area contributed by atoms with Gasteiger partial charge >= 0.3 is 84.8 Å². The molecule has 1 unspecified atom stereocenters.